The third kappa shape index (κ3) is 3.05. The predicted molar refractivity (Wildman–Crippen MR) is 68.2 cm³/mol. The van der Waals surface area contributed by atoms with Crippen molar-refractivity contribution in [2.24, 2.45) is 11.7 Å². The van der Waals surface area contributed by atoms with E-state index in [-0.39, 0.29) is 17.8 Å². The van der Waals surface area contributed by atoms with Crippen LogP contribution in [0.1, 0.15) is 31.4 Å². The van der Waals surface area contributed by atoms with E-state index in [2.05, 4.69) is 11.8 Å². The summed E-state index contributed by atoms with van der Waals surface area (Å²) in [4.78, 5) is 2.42. The molecule has 0 bridgehead atoms. The van der Waals surface area contributed by atoms with Crippen molar-refractivity contribution in [1.29, 1.82) is 0 Å². The SMILES string of the molecule is CC(CN1CCCC1)C(N)c1ccccc1F. The van der Waals surface area contributed by atoms with Crippen LogP contribution in [0.4, 0.5) is 4.39 Å². The Kier molecular flexibility index (Phi) is 4.13. The average Bonchev–Trinajstić information content (AvgIpc) is 2.81. The molecule has 2 atom stereocenters. The molecule has 2 unspecified atom stereocenters. The Morgan fingerprint density at radius 2 is 1.94 bits per heavy atom. The minimum atomic E-state index is -0.211. The second-order valence-electron chi connectivity index (χ2n) is 5.03. The van der Waals surface area contributed by atoms with E-state index in [0.29, 0.717) is 5.56 Å². The fourth-order valence-corrected chi connectivity index (χ4v) is 2.54. The van der Waals surface area contributed by atoms with Gasteiger partial charge in [0.2, 0.25) is 0 Å². The Morgan fingerprint density at radius 1 is 1.29 bits per heavy atom. The van der Waals surface area contributed by atoms with E-state index in [1.54, 1.807) is 12.1 Å². The Morgan fingerprint density at radius 3 is 2.59 bits per heavy atom. The molecule has 0 spiro atoms. The van der Waals surface area contributed by atoms with Crippen molar-refractivity contribution >= 4 is 0 Å². The average molecular weight is 236 g/mol. The number of nitrogens with zero attached hydrogens (tertiary/aromatic N) is 1. The zero-order chi connectivity index (χ0) is 12.3. The lowest BCUT2D eigenvalue weighted by atomic mass is 9.94. The van der Waals surface area contributed by atoms with E-state index < -0.39 is 0 Å². The summed E-state index contributed by atoms with van der Waals surface area (Å²) in [6.45, 7) is 5.40. The molecule has 1 aromatic carbocycles. The number of likely N-dealkylation sites (tertiary alicyclic amines) is 1. The predicted octanol–water partition coefficient (Wildman–Crippen LogP) is 2.56. The van der Waals surface area contributed by atoms with Crippen molar-refractivity contribution in [3.8, 4) is 0 Å². The lowest BCUT2D eigenvalue weighted by Crippen LogP contribution is -2.32. The summed E-state index contributed by atoms with van der Waals surface area (Å²) in [6, 6.07) is 6.62. The Labute approximate surface area is 103 Å². The van der Waals surface area contributed by atoms with Gasteiger partial charge in [-0.1, -0.05) is 25.1 Å². The normalized spacial score (nSPS) is 20.4. The molecular weight excluding hydrogens is 215 g/mol. The van der Waals surface area contributed by atoms with Crippen LogP contribution in [0.2, 0.25) is 0 Å². The molecule has 0 amide bonds. The van der Waals surface area contributed by atoms with Crippen LogP contribution in [-0.4, -0.2) is 24.5 Å². The highest BCUT2D eigenvalue weighted by Gasteiger charge is 2.21. The maximum atomic E-state index is 13.6. The number of nitrogens with two attached hydrogens (primary N) is 1. The lowest BCUT2D eigenvalue weighted by molar-refractivity contribution is 0.264. The summed E-state index contributed by atoms with van der Waals surface area (Å²) in [6.07, 6.45) is 2.56. The monoisotopic (exact) mass is 236 g/mol. The van der Waals surface area contributed by atoms with Gasteiger partial charge in [-0.25, -0.2) is 4.39 Å². The molecule has 0 aliphatic carbocycles. The van der Waals surface area contributed by atoms with Gasteiger partial charge in [0, 0.05) is 18.2 Å². The summed E-state index contributed by atoms with van der Waals surface area (Å²) in [5, 5.41) is 0. The van der Waals surface area contributed by atoms with Gasteiger partial charge in [0.25, 0.3) is 0 Å². The molecule has 3 heteroatoms. The van der Waals surface area contributed by atoms with Crippen LogP contribution in [0.3, 0.4) is 0 Å². The molecule has 1 aliphatic rings. The third-order valence-electron chi connectivity index (χ3n) is 3.62. The fourth-order valence-electron chi connectivity index (χ4n) is 2.54. The van der Waals surface area contributed by atoms with Crippen molar-refractivity contribution < 1.29 is 4.39 Å². The van der Waals surface area contributed by atoms with Crippen molar-refractivity contribution in [2.45, 2.75) is 25.8 Å². The molecule has 1 fully saturated rings. The molecule has 2 rings (SSSR count). The molecule has 1 heterocycles. The van der Waals surface area contributed by atoms with Gasteiger partial charge in [-0.15, -0.1) is 0 Å². The quantitative estimate of drug-likeness (QED) is 0.870. The molecule has 2 N–H and O–H groups in total. The highest BCUT2D eigenvalue weighted by atomic mass is 19.1. The smallest absolute Gasteiger partial charge is 0.127 e. The topological polar surface area (TPSA) is 29.3 Å². The maximum absolute atomic E-state index is 13.6. The largest absolute Gasteiger partial charge is 0.324 e. The van der Waals surface area contributed by atoms with Crippen LogP contribution in [0, 0.1) is 11.7 Å². The van der Waals surface area contributed by atoms with Gasteiger partial charge in [0.15, 0.2) is 0 Å². The van der Waals surface area contributed by atoms with E-state index in [0.717, 1.165) is 19.6 Å². The van der Waals surface area contributed by atoms with Gasteiger partial charge < -0.3 is 10.6 Å². The summed E-state index contributed by atoms with van der Waals surface area (Å²) >= 11 is 0. The van der Waals surface area contributed by atoms with E-state index in [4.69, 9.17) is 5.73 Å². The molecular formula is C14H21FN2. The van der Waals surface area contributed by atoms with Crippen LogP contribution < -0.4 is 5.73 Å². The first-order valence-corrected chi connectivity index (χ1v) is 6.41. The summed E-state index contributed by atoms with van der Waals surface area (Å²) < 4.78 is 13.6. The molecule has 0 radical (unpaired) electrons. The first kappa shape index (κ1) is 12.5. The van der Waals surface area contributed by atoms with Crippen LogP contribution in [0.15, 0.2) is 24.3 Å². The van der Waals surface area contributed by atoms with Gasteiger partial charge in [-0.3, -0.25) is 0 Å². The summed E-state index contributed by atoms with van der Waals surface area (Å²) in [5.41, 5.74) is 6.79. The van der Waals surface area contributed by atoms with Gasteiger partial charge in [-0.2, -0.15) is 0 Å². The zero-order valence-corrected chi connectivity index (χ0v) is 10.4. The summed E-state index contributed by atoms with van der Waals surface area (Å²) in [5.74, 6) is 0.0956. The van der Waals surface area contributed by atoms with E-state index in [1.807, 2.05) is 6.07 Å². The van der Waals surface area contributed by atoms with Crippen LogP contribution in [-0.2, 0) is 0 Å². The first-order valence-electron chi connectivity index (χ1n) is 6.41. The number of hydrogen-bond acceptors (Lipinski definition) is 2. The molecule has 1 saturated heterocycles. The molecule has 1 aromatic rings. The lowest BCUT2D eigenvalue weighted by Gasteiger charge is -2.25. The number of halogens is 1. The minimum Gasteiger partial charge on any atom is -0.324 e. The Hall–Kier alpha value is -0.930. The van der Waals surface area contributed by atoms with E-state index >= 15 is 0 Å². The molecule has 94 valence electrons. The fraction of sp³-hybridized carbons (Fsp3) is 0.571. The van der Waals surface area contributed by atoms with Crippen LogP contribution in [0.25, 0.3) is 0 Å². The first-order chi connectivity index (χ1) is 8.18. The summed E-state index contributed by atoms with van der Waals surface area (Å²) in [7, 11) is 0. The highest BCUT2D eigenvalue weighted by molar-refractivity contribution is 5.21. The molecule has 0 aromatic heterocycles. The van der Waals surface area contributed by atoms with Crippen molar-refractivity contribution in [1.82, 2.24) is 4.90 Å². The molecule has 0 saturated carbocycles. The van der Waals surface area contributed by atoms with E-state index in [1.165, 1.54) is 18.9 Å². The van der Waals surface area contributed by atoms with Crippen molar-refractivity contribution in [2.75, 3.05) is 19.6 Å². The van der Waals surface area contributed by atoms with Gasteiger partial charge >= 0.3 is 0 Å². The maximum Gasteiger partial charge on any atom is 0.127 e. The molecule has 2 nitrogen and oxygen atoms in total. The number of hydrogen-bond donors (Lipinski definition) is 1. The Balaban J connectivity index is 1.98. The van der Waals surface area contributed by atoms with Gasteiger partial charge in [0.1, 0.15) is 5.82 Å². The highest BCUT2D eigenvalue weighted by Crippen LogP contribution is 2.23. The van der Waals surface area contributed by atoms with Crippen LogP contribution in [0.5, 0.6) is 0 Å². The van der Waals surface area contributed by atoms with Crippen molar-refractivity contribution in [3.63, 3.8) is 0 Å². The van der Waals surface area contributed by atoms with Crippen molar-refractivity contribution in [3.05, 3.63) is 35.6 Å². The Bertz CT molecular complexity index is 361. The second-order valence-corrected chi connectivity index (χ2v) is 5.03. The van der Waals surface area contributed by atoms with Crippen LogP contribution >= 0.6 is 0 Å². The third-order valence-corrected chi connectivity index (χ3v) is 3.62. The zero-order valence-electron chi connectivity index (χ0n) is 10.4. The van der Waals surface area contributed by atoms with Gasteiger partial charge in [-0.05, 0) is 37.9 Å². The molecule has 17 heavy (non-hydrogen) atoms. The van der Waals surface area contributed by atoms with Gasteiger partial charge in [0.05, 0.1) is 0 Å². The number of benzene rings is 1. The second kappa shape index (κ2) is 5.61. The standard InChI is InChI=1S/C14H21FN2/c1-11(10-17-8-4-5-9-17)14(16)12-6-2-3-7-13(12)15/h2-3,6-7,11,14H,4-5,8-10,16H2,1H3. The number of rotatable bonds is 4. The minimum absolute atomic E-state index is 0.187. The van der Waals surface area contributed by atoms with E-state index in [9.17, 15) is 4.39 Å². The molecule has 1 aliphatic heterocycles.